The Labute approximate surface area is 98.4 Å². The Morgan fingerprint density at radius 1 is 1.60 bits per heavy atom. The molecule has 0 radical (unpaired) electrons. The van der Waals surface area contributed by atoms with Gasteiger partial charge in [-0.15, -0.1) is 0 Å². The van der Waals surface area contributed by atoms with E-state index in [4.69, 9.17) is 17.3 Å². The number of nitrogen functional groups attached to an aromatic ring is 1. The Morgan fingerprint density at radius 3 is 2.93 bits per heavy atom. The summed E-state index contributed by atoms with van der Waals surface area (Å²) >= 11 is 7.46. The number of benzene rings is 1. The Hall–Kier alpha value is -0.870. The van der Waals surface area contributed by atoms with Crippen LogP contribution in [0.5, 0.6) is 0 Å². The largest absolute Gasteiger partial charge is 0.398 e. The number of anilines is 2. The number of hydrogen-bond donors (Lipinski definition) is 2. The molecule has 0 saturated heterocycles. The van der Waals surface area contributed by atoms with Crippen molar-refractivity contribution < 1.29 is 4.79 Å². The molecule has 0 aliphatic carbocycles. The molecule has 0 aliphatic heterocycles. The number of carbonyl (C=O) groups excluding carboxylic acids is 1. The van der Waals surface area contributed by atoms with Crippen LogP contribution in [0, 0.1) is 0 Å². The van der Waals surface area contributed by atoms with Gasteiger partial charge in [-0.3, -0.25) is 4.79 Å². The van der Waals surface area contributed by atoms with Gasteiger partial charge < -0.3 is 11.1 Å². The van der Waals surface area contributed by atoms with Gasteiger partial charge in [0.2, 0.25) is 5.91 Å². The SMILES string of the molecule is CSCCC(=O)Nc1ccc(N)c(Cl)c1. The average molecular weight is 245 g/mol. The third-order valence-electron chi connectivity index (χ3n) is 1.82. The predicted octanol–water partition coefficient (Wildman–Crippen LogP) is 2.61. The smallest absolute Gasteiger partial charge is 0.225 e. The van der Waals surface area contributed by atoms with Crippen molar-refractivity contribution in [2.24, 2.45) is 0 Å². The van der Waals surface area contributed by atoms with Gasteiger partial charge in [0.05, 0.1) is 10.7 Å². The van der Waals surface area contributed by atoms with Crippen LogP contribution in [0.2, 0.25) is 5.02 Å². The lowest BCUT2D eigenvalue weighted by molar-refractivity contribution is -0.115. The Balaban J connectivity index is 2.57. The van der Waals surface area contributed by atoms with Crippen molar-refractivity contribution in [3.63, 3.8) is 0 Å². The minimum Gasteiger partial charge on any atom is -0.398 e. The molecule has 82 valence electrons. The molecule has 0 atom stereocenters. The number of carbonyl (C=O) groups is 1. The zero-order valence-corrected chi connectivity index (χ0v) is 9.99. The molecule has 0 heterocycles. The number of nitrogens with two attached hydrogens (primary N) is 1. The highest BCUT2D eigenvalue weighted by Crippen LogP contribution is 2.22. The van der Waals surface area contributed by atoms with Gasteiger partial charge in [0, 0.05) is 17.9 Å². The highest BCUT2D eigenvalue weighted by atomic mass is 35.5. The van der Waals surface area contributed by atoms with Crippen LogP contribution in [0.4, 0.5) is 11.4 Å². The van der Waals surface area contributed by atoms with Crippen LogP contribution >= 0.6 is 23.4 Å². The minimum absolute atomic E-state index is 0.00909. The van der Waals surface area contributed by atoms with E-state index < -0.39 is 0 Å². The summed E-state index contributed by atoms with van der Waals surface area (Å²) in [6.45, 7) is 0. The molecule has 3 nitrogen and oxygen atoms in total. The molecule has 0 aliphatic rings. The Kier molecular flexibility index (Phi) is 4.78. The first kappa shape index (κ1) is 12.2. The molecule has 5 heteroatoms. The maximum absolute atomic E-state index is 11.4. The highest BCUT2D eigenvalue weighted by molar-refractivity contribution is 7.98. The summed E-state index contributed by atoms with van der Waals surface area (Å²) in [6, 6.07) is 5.05. The van der Waals surface area contributed by atoms with E-state index in [0.717, 1.165) is 5.75 Å². The fraction of sp³-hybridized carbons (Fsp3) is 0.300. The van der Waals surface area contributed by atoms with Gasteiger partial charge in [-0.25, -0.2) is 0 Å². The van der Waals surface area contributed by atoms with Crippen molar-refractivity contribution in [2.45, 2.75) is 6.42 Å². The van der Waals surface area contributed by atoms with E-state index in [1.165, 1.54) is 0 Å². The summed E-state index contributed by atoms with van der Waals surface area (Å²) in [4.78, 5) is 11.4. The fourth-order valence-corrected chi connectivity index (χ4v) is 1.59. The second-order valence-corrected chi connectivity index (χ2v) is 4.42. The molecule has 0 bridgehead atoms. The molecule has 0 aromatic heterocycles. The average Bonchev–Trinajstić information content (AvgIpc) is 2.20. The normalized spacial score (nSPS) is 10.0. The highest BCUT2D eigenvalue weighted by Gasteiger charge is 2.03. The zero-order valence-electron chi connectivity index (χ0n) is 8.42. The number of hydrogen-bond acceptors (Lipinski definition) is 3. The van der Waals surface area contributed by atoms with Crippen molar-refractivity contribution in [3.8, 4) is 0 Å². The topological polar surface area (TPSA) is 55.1 Å². The molecule has 0 saturated carbocycles. The van der Waals surface area contributed by atoms with Gasteiger partial charge in [0.15, 0.2) is 0 Å². The van der Waals surface area contributed by atoms with E-state index >= 15 is 0 Å². The van der Waals surface area contributed by atoms with Crippen LogP contribution in [-0.2, 0) is 4.79 Å². The van der Waals surface area contributed by atoms with Gasteiger partial charge in [-0.2, -0.15) is 11.8 Å². The molecule has 1 aromatic carbocycles. The summed E-state index contributed by atoms with van der Waals surface area (Å²) in [5.41, 5.74) is 6.75. The number of thioether (sulfide) groups is 1. The quantitative estimate of drug-likeness (QED) is 0.801. The minimum atomic E-state index is -0.00909. The third-order valence-corrected chi connectivity index (χ3v) is 2.76. The van der Waals surface area contributed by atoms with E-state index in [2.05, 4.69) is 5.32 Å². The molecule has 1 rings (SSSR count). The second kappa shape index (κ2) is 5.88. The van der Waals surface area contributed by atoms with E-state index in [-0.39, 0.29) is 5.91 Å². The van der Waals surface area contributed by atoms with Crippen LogP contribution in [0.25, 0.3) is 0 Å². The van der Waals surface area contributed by atoms with E-state index in [1.54, 1.807) is 30.0 Å². The van der Waals surface area contributed by atoms with Gasteiger partial charge in [0.1, 0.15) is 0 Å². The maximum atomic E-state index is 11.4. The van der Waals surface area contributed by atoms with Crippen molar-refractivity contribution in [1.82, 2.24) is 0 Å². The maximum Gasteiger partial charge on any atom is 0.225 e. The Bertz CT molecular complexity index is 357. The van der Waals surface area contributed by atoms with Crippen molar-refractivity contribution in [2.75, 3.05) is 23.1 Å². The van der Waals surface area contributed by atoms with Crippen molar-refractivity contribution >= 4 is 40.6 Å². The van der Waals surface area contributed by atoms with Crippen molar-refractivity contribution in [3.05, 3.63) is 23.2 Å². The second-order valence-electron chi connectivity index (χ2n) is 3.03. The van der Waals surface area contributed by atoms with E-state index in [9.17, 15) is 4.79 Å². The fourth-order valence-electron chi connectivity index (χ4n) is 1.02. The Morgan fingerprint density at radius 2 is 2.33 bits per heavy atom. The summed E-state index contributed by atoms with van der Waals surface area (Å²) in [5.74, 6) is 0.805. The lowest BCUT2D eigenvalue weighted by Gasteiger charge is -2.06. The molecule has 1 amide bonds. The third kappa shape index (κ3) is 4.01. The van der Waals surface area contributed by atoms with Gasteiger partial charge in [-0.05, 0) is 24.5 Å². The predicted molar refractivity (Wildman–Crippen MR) is 67.5 cm³/mol. The lowest BCUT2D eigenvalue weighted by Crippen LogP contribution is -2.12. The molecule has 0 fully saturated rings. The molecule has 1 aromatic rings. The molecular formula is C10H13ClN2OS. The van der Waals surface area contributed by atoms with E-state index in [0.29, 0.717) is 22.8 Å². The molecule has 0 spiro atoms. The lowest BCUT2D eigenvalue weighted by atomic mass is 10.3. The van der Waals surface area contributed by atoms with E-state index in [1.807, 2.05) is 6.26 Å². The number of halogens is 1. The van der Waals surface area contributed by atoms with Gasteiger partial charge in [0.25, 0.3) is 0 Å². The van der Waals surface area contributed by atoms with Crippen LogP contribution < -0.4 is 11.1 Å². The molecule has 3 N–H and O–H groups in total. The number of nitrogens with one attached hydrogen (secondary N) is 1. The first-order valence-electron chi connectivity index (χ1n) is 4.47. The molecular weight excluding hydrogens is 232 g/mol. The summed E-state index contributed by atoms with van der Waals surface area (Å²) in [5, 5.41) is 3.21. The summed E-state index contributed by atoms with van der Waals surface area (Å²) < 4.78 is 0. The molecule has 15 heavy (non-hydrogen) atoms. The van der Waals surface area contributed by atoms with Crippen molar-refractivity contribution in [1.29, 1.82) is 0 Å². The van der Waals surface area contributed by atoms with Crippen LogP contribution in [0.1, 0.15) is 6.42 Å². The van der Waals surface area contributed by atoms with Crippen LogP contribution in [0.15, 0.2) is 18.2 Å². The van der Waals surface area contributed by atoms with Crippen LogP contribution in [-0.4, -0.2) is 17.9 Å². The zero-order chi connectivity index (χ0) is 11.3. The standard InChI is InChI=1S/C10H13ClN2OS/c1-15-5-4-10(14)13-7-2-3-9(12)8(11)6-7/h2-3,6H,4-5,12H2,1H3,(H,13,14). The van der Waals surface area contributed by atoms with Gasteiger partial charge in [-0.1, -0.05) is 11.6 Å². The summed E-state index contributed by atoms with van der Waals surface area (Å²) in [6.07, 6.45) is 2.47. The van der Waals surface area contributed by atoms with Crippen LogP contribution in [0.3, 0.4) is 0 Å². The monoisotopic (exact) mass is 244 g/mol. The number of amides is 1. The van der Waals surface area contributed by atoms with Gasteiger partial charge >= 0.3 is 0 Å². The number of rotatable bonds is 4. The molecule has 0 unspecified atom stereocenters. The first-order valence-corrected chi connectivity index (χ1v) is 6.24. The summed E-state index contributed by atoms with van der Waals surface area (Å²) in [7, 11) is 0. The first-order chi connectivity index (χ1) is 7.13.